The summed E-state index contributed by atoms with van der Waals surface area (Å²) in [5, 5.41) is 8.28. The van der Waals surface area contributed by atoms with Crippen LogP contribution in [0.25, 0.3) is 16.7 Å². The minimum atomic E-state index is -4.77. The largest absolute Gasteiger partial charge is 0.573 e. The number of para-hydroxylation sites is 1. The van der Waals surface area contributed by atoms with Crippen molar-refractivity contribution in [2.45, 2.75) is 11.4 Å². The molecule has 4 aromatic rings. The summed E-state index contributed by atoms with van der Waals surface area (Å²) < 4.78 is 42.1. The third-order valence-corrected chi connectivity index (χ3v) is 5.05. The van der Waals surface area contributed by atoms with E-state index < -0.39 is 6.36 Å². The van der Waals surface area contributed by atoms with Crippen LogP contribution in [0, 0.1) is 0 Å². The maximum absolute atomic E-state index is 12.3. The Labute approximate surface area is 178 Å². The van der Waals surface area contributed by atoms with E-state index in [0.717, 1.165) is 17.8 Å². The van der Waals surface area contributed by atoms with E-state index in [9.17, 15) is 18.0 Å². The van der Waals surface area contributed by atoms with Crippen molar-refractivity contribution in [3.8, 4) is 11.4 Å². The van der Waals surface area contributed by atoms with Crippen molar-refractivity contribution in [3.05, 3.63) is 67.1 Å². The van der Waals surface area contributed by atoms with Crippen molar-refractivity contribution in [1.82, 2.24) is 19.7 Å². The van der Waals surface area contributed by atoms with Crippen molar-refractivity contribution >= 4 is 34.4 Å². The normalized spacial score (nSPS) is 11.5. The SMILES string of the molecule is O=C(CSc1ncnc2c1cnn2-c1ccccc1)Nc1ccc(OC(F)(F)F)cc1. The number of anilines is 1. The zero-order valence-corrected chi connectivity index (χ0v) is 16.5. The highest BCUT2D eigenvalue weighted by molar-refractivity contribution is 8.00. The fraction of sp³-hybridized carbons (Fsp3) is 0.100. The predicted molar refractivity (Wildman–Crippen MR) is 109 cm³/mol. The molecule has 0 aliphatic heterocycles. The van der Waals surface area contributed by atoms with Gasteiger partial charge in [0.1, 0.15) is 17.1 Å². The standard InChI is InChI=1S/C20H14F3N5O2S/c21-20(22,23)30-15-8-6-13(7-9-15)27-17(29)11-31-19-16-10-26-28(18(16)24-12-25-19)14-4-2-1-3-5-14/h1-10,12H,11H2,(H,27,29). The van der Waals surface area contributed by atoms with E-state index in [4.69, 9.17) is 0 Å². The number of halogens is 3. The summed E-state index contributed by atoms with van der Waals surface area (Å²) in [6.07, 6.45) is -1.72. The number of hydrogen-bond acceptors (Lipinski definition) is 6. The zero-order valence-electron chi connectivity index (χ0n) is 15.7. The maximum Gasteiger partial charge on any atom is 0.573 e. The molecule has 31 heavy (non-hydrogen) atoms. The molecule has 0 bridgehead atoms. The first kappa shape index (κ1) is 20.7. The first-order valence-corrected chi connectivity index (χ1v) is 9.90. The minimum absolute atomic E-state index is 0.0451. The molecule has 0 saturated heterocycles. The second kappa shape index (κ2) is 8.64. The van der Waals surface area contributed by atoms with Gasteiger partial charge in [-0.05, 0) is 36.4 Å². The van der Waals surface area contributed by atoms with Crippen LogP contribution >= 0.6 is 11.8 Å². The van der Waals surface area contributed by atoms with Crippen LogP contribution in [0.5, 0.6) is 5.75 Å². The molecule has 7 nitrogen and oxygen atoms in total. The average Bonchev–Trinajstić information content (AvgIpc) is 3.18. The molecule has 0 radical (unpaired) electrons. The van der Waals surface area contributed by atoms with E-state index in [1.807, 2.05) is 30.3 Å². The van der Waals surface area contributed by atoms with Crippen LogP contribution in [0.2, 0.25) is 0 Å². The molecular formula is C20H14F3N5O2S. The van der Waals surface area contributed by atoms with Gasteiger partial charge in [0.2, 0.25) is 5.91 Å². The first-order chi connectivity index (χ1) is 14.9. The number of carbonyl (C=O) groups is 1. The maximum atomic E-state index is 12.3. The Kier molecular flexibility index (Phi) is 5.76. The van der Waals surface area contributed by atoms with Crippen LogP contribution in [-0.2, 0) is 4.79 Å². The summed E-state index contributed by atoms with van der Waals surface area (Å²) in [6, 6.07) is 14.4. The molecule has 158 valence electrons. The van der Waals surface area contributed by atoms with Gasteiger partial charge < -0.3 is 10.1 Å². The summed E-state index contributed by atoms with van der Waals surface area (Å²) in [5.74, 6) is -0.654. The summed E-state index contributed by atoms with van der Waals surface area (Å²) in [4.78, 5) is 20.8. The third kappa shape index (κ3) is 5.12. The molecule has 0 unspecified atom stereocenters. The van der Waals surface area contributed by atoms with Crippen LogP contribution in [0.3, 0.4) is 0 Å². The number of hydrogen-bond donors (Lipinski definition) is 1. The van der Waals surface area contributed by atoms with Gasteiger partial charge in [0.15, 0.2) is 5.65 Å². The highest BCUT2D eigenvalue weighted by Gasteiger charge is 2.30. The van der Waals surface area contributed by atoms with Gasteiger partial charge in [0.25, 0.3) is 0 Å². The molecule has 2 heterocycles. The molecule has 0 saturated carbocycles. The lowest BCUT2D eigenvalue weighted by molar-refractivity contribution is -0.274. The fourth-order valence-electron chi connectivity index (χ4n) is 2.77. The van der Waals surface area contributed by atoms with Crippen molar-refractivity contribution in [2.24, 2.45) is 0 Å². The lowest BCUT2D eigenvalue weighted by Crippen LogP contribution is -2.17. The summed E-state index contributed by atoms with van der Waals surface area (Å²) in [6.45, 7) is 0. The van der Waals surface area contributed by atoms with Crippen LogP contribution in [0.15, 0.2) is 72.1 Å². The molecule has 4 rings (SSSR count). The van der Waals surface area contributed by atoms with E-state index in [-0.39, 0.29) is 17.4 Å². The number of benzene rings is 2. The summed E-state index contributed by atoms with van der Waals surface area (Å²) >= 11 is 1.21. The van der Waals surface area contributed by atoms with Gasteiger partial charge in [0, 0.05) is 5.69 Å². The quantitative estimate of drug-likeness (QED) is 0.349. The summed E-state index contributed by atoms with van der Waals surface area (Å²) in [7, 11) is 0. The van der Waals surface area contributed by atoms with Gasteiger partial charge in [-0.2, -0.15) is 5.10 Å². The smallest absolute Gasteiger partial charge is 0.406 e. The zero-order chi connectivity index (χ0) is 21.8. The molecule has 1 amide bonds. The Balaban J connectivity index is 1.41. The number of alkyl halides is 3. The Morgan fingerprint density at radius 2 is 1.81 bits per heavy atom. The first-order valence-electron chi connectivity index (χ1n) is 8.92. The molecule has 11 heteroatoms. The molecule has 0 aliphatic rings. The number of nitrogens with zero attached hydrogens (tertiary/aromatic N) is 4. The van der Waals surface area contributed by atoms with E-state index in [0.29, 0.717) is 21.7 Å². The molecule has 0 aliphatic carbocycles. The number of thioether (sulfide) groups is 1. The van der Waals surface area contributed by atoms with Crippen molar-refractivity contribution in [1.29, 1.82) is 0 Å². The van der Waals surface area contributed by atoms with Crippen LogP contribution < -0.4 is 10.1 Å². The van der Waals surface area contributed by atoms with E-state index >= 15 is 0 Å². The fourth-order valence-corrected chi connectivity index (χ4v) is 3.53. The van der Waals surface area contributed by atoms with Gasteiger partial charge in [-0.3, -0.25) is 4.79 Å². The number of amides is 1. The third-order valence-electron chi connectivity index (χ3n) is 4.04. The monoisotopic (exact) mass is 445 g/mol. The van der Waals surface area contributed by atoms with E-state index in [1.54, 1.807) is 10.9 Å². The van der Waals surface area contributed by atoms with Gasteiger partial charge in [-0.1, -0.05) is 30.0 Å². The number of nitrogens with one attached hydrogen (secondary N) is 1. The molecule has 0 atom stereocenters. The number of carbonyl (C=O) groups excluding carboxylic acids is 1. The second-order valence-corrected chi connectivity index (χ2v) is 7.18. The van der Waals surface area contributed by atoms with Gasteiger partial charge in [0.05, 0.1) is 23.0 Å². The predicted octanol–water partition coefficient (Wildman–Crippen LogP) is 4.44. The number of aromatic nitrogens is 4. The van der Waals surface area contributed by atoms with E-state index in [1.165, 1.54) is 30.2 Å². The molecule has 1 N–H and O–H groups in total. The van der Waals surface area contributed by atoms with Crippen molar-refractivity contribution < 1.29 is 22.7 Å². The minimum Gasteiger partial charge on any atom is -0.406 e. The lowest BCUT2D eigenvalue weighted by atomic mass is 10.3. The van der Waals surface area contributed by atoms with Crippen molar-refractivity contribution in [2.75, 3.05) is 11.1 Å². The average molecular weight is 445 g/mol. The molecule has 2 aromatic carbocycles. The molecule has 2 aromatic heterocycles. The highest BCUT2D eigenvalue weighted by Crippen LogP contribution is 2.27. The Morgan fingerprint density at radius 3 is 2.52 bits per heavy atom. The Hall–Kier alpha value is -3.60. The van der Waals surface area contributed by atoms with Crippen molar-refractivity contribution in [3.63, 3.8) is 0 Å². The van der Waals surface area contributed by atoms with Gasteiger partial charge in [-0.25, -0.2) is 14.6 Å². The molecular weight excluding hydrogens is 431 g/mol. The number of fused-ring (bicyclic) bond motifs is 1. The van der Waals surface area contributed by atoms with Gasteiger partial charge in [-0.15, -0.1) is 13.2 Å². The topological polar surface area (TPSA) is 81.9 Å². The second-order valence-electron chi connectivity index (χ2n) is 6.22. The lowest BCUT2D eigenvalue weighted by Gasteiger charge is -2.10. The van der Waals surface area contributed by atoms with Crippen LogP contribution in [-0.4, -0.2) is 37.8 Å². The van der Waals surface area contributed by atoms with Gasteiger partial charge >= 0.3 is 6.36 Å². The highest BCUT2D eigenvalue weighted by atomic mass is 32.2. The van der Waals surface area contributed by atoms with Crippen LogP contribution in [0.1, 0.15) is 0 Å². The van der Waals surface area contributed by atoms with E-state index in [2.05, 4.69) is 25.1 Å². The van der Waals surface area contributed by atoms with Crippen LogP contribution in [0.4, 0.5) is 18.9 Å². The molecule has 0 spiro atoms. The number of ether oxygens (including phenoxy) is 1. The molecule has 0 fully saturated rings. The number of rotatable bonds is 6. The Bertz CT molecular complexity index is 1200. The Morgan fingerprint density at radius 1 is 1.06 bits per heavy atom. The summed E-state index contributed by atoms with van der Waals surface area (Å²) in [5.41, 5.74) is 1.82.